The second kappa shape index (κ2) is 10.1. The van der Waals surface area contributed by atoms with E-state index >= 15 is 0 Å². The zero-order valence-corrected chi connectivity index (χ0v) is 18.0. The Labute approximate surface area is 196 Å². The number of hydrogen-bond donors (Lipinski definition) is 1. The summed E-state index contributed by atoms with van der Waals surface area (Å²) in [5.41, 5.74) is 5.56. The highest BCUT2D eigenvalue weighted by molar-refractivity contribution is 5.85. The fourth-order valence-corrected chi connectivity index (χ4v) is 2.80. The van der Waals surface area contributed by atoms with Crippen molar-refractivity contribution in [1.82, 2.24) is 24.5 Å². The van der Waals surface area contributed by atoms with E-state index in [1.165, 1.54) is 35.4 Å². The molecule has 0 saturated heterocycles. The van der Waals surface area contributed by atoms with Gasteiger partial charge in [0.15, 0.2) is 0 Å². The third kappa shape index (κ3) is 5.74. The van der Waals surface area contributed by atoms with E-state index in [0.29, 0.717) is 17.1 Å². The highest BCUT2D eigenvalue weighted by atomic mass is 35.5. The minimum atomic E-state index is -4.51. The van der Waals surface area contributed by atoms with Gasteiger partial charge in [-0.05, 0) is 30.3 Å². The number of anilines is 1. The van der Waals surface area contributed by atoms with Gasteiger partial charge in [-0.15, -0.1) is 24.8 Å². The van der Waals surface area contributed by atoms with Crippen molar-refractivity contribution in [3.63, 3.8) is 0 Å². The van der Waals surface area contributed by atoms with Crippen LogP contribution in [-0.2, 0) is 6.18 Å². The van der Waals surface area contributed by atoms with Gasteiger partial charge in [0.25, 0.3) is 6.43 Å². The number of halogens is 7. The minimum absolute atomic E-state index is 0. The molecule has 0 aliphatic rings. The number of nitrogens with zero attached hydrogens (tertiary/aromatic N) is 5. The Hall–Kier alpha value is -3.31. The molecule has 0 saturated carbocycles. The van der Waals surface area contributed by atoms with Crippen molar-refractivity contribution in [2.75, 3.05) is 5.73 Å². The van der Waals surface area contributed by atoms with Crippen LogP contribution in [0, 0.1) is 0 Å². The number of nitrogens with two attached hydrogens (primary N) is 1. The molecule has 0 spiro atoms. The summed E-state index contributed by atoms with van der Waals surface area (Å²) in [5, 5.41) is 0. The second-order valence-electron chi connectivity index (χ2n) is 6.49. The molecule has 0 bridgehead atoms. The number of benzene rings is 1. The Balaban J connectivity index is 0.00000193. The molecule has 2 N–H and O–H groups in total. The van der Waals surface area contributed by atoms with Gasteiger partial charge in [0.2, 0.25) is 5.95 Å². The van der Waals surface area contributed by atoms with Gasteiger partial charge in [-0.2, -0.15) is 13.2 Å². The molecule has 0 amide bonds. The standard InChI is InChI=1S/C20H13F5N6.2ClH/c21-18(22)15-7-14(11-1-4-13(5-2-11)20(23,24)25)29-19(30-15)31-9-16(28-10-31)12-3-6-17(26)27-8-12;;/h1-10,18H,(H2,26,27);2*1H. The summed E-state index contributed by atoms with van der Waals surface area (Å²) in [6.45, 7) is 0. The van der Waals surface area contributed by atoms with Crippen molar-refractivity contribution < 1.29 is 22.0 Å². The first-order chi connectivity index (χ1) is 14.7. The molecule has 4 aromatic rings. The topological polar surface area (TPSA) is 82.5 Å². The van der Waals surface area contributed by atoms with Gasteiger partial charge < -0.3 is 5.73 Å². The SMILES string of the molecule is Cl.Cl.Nc1ccc(-c2cn(-c3nc(-c4ccc(C(F)(F)F)cc4)cc(C(F)F)n3)cn2)cn1. The summed E-state index contributed by atoms with van der Waals surface area (Å²) in [7, 11) is 0. The Kier molecular flexibility index (Phi) is 7.93. The number of aromatic nitrogens is 5. The summed E-state index contributed by atoms with van der Waals surface area (Å²) in [6, 6.07) is 8.39. The summed E-state index contributed by atoms with van der Waals surface area (Å²) in [6.07, 6.45) is -3.04. The predicted octanol–water partition coefficient (Wildman–Crippen LogP) is 5.77. The minimum Gasteiger partial charge on any atom is -0.384 e. The van der Waals surface area contributed by atoms with Crippen LogP contribution in [0.2, 0.25) is 0 Å². The normalized spacial score (nSPS) is 11.1. The number of nitrogen functional groups attached to an aromatic ring is 1. The first-order valence-electron chi connectivity index (χ1n) is 8.82. The van der Waals surface area contributed by atoms with Crippen LogP contribution in [0.4, 0.5) is 27.8 Å². The average Bonchev–Trinajstić information content (AvgIpc) is 3.24. The van der Waals surface area contributed by atoms with Crippen LogP contribution in [0.3, 0.4) is 0 Å². The Morgan fingerprint density at radius 3 is 2.09 bits per heavy atom. The fraction of sp³-hybridized carbons (Fsp3) is 0.100. The predicted molar refractivity (Wildman–Crippen MR) is 117 cm³/mol. The van der Waals surface area contributed by atoms with Crippen molar-refractivity contribution in [3.05, 3.63) is 72.4 Å². The van der Waals surface area contributed by atoms with Gasteiger partial charge in [-0.1, -0.05) is 12.1 Å². The Morgan fingerprint density at radius 2 is 1.52 bits per heavy atom. The van der Waals surface area contributed by atoms with Crippen LogP contribution in [0.15, 0.2) is 61.2 Å². The fourth-order valence-electron chi connectivity index (χ4n) is 2.80. The smallest absolute Gasteiger partial charge is 0.384 e. The molecule has 0 fully saturated rings. The molecule has 3 heterocycles. The Bertz CT molecular complexity index is 1210. The molecule has 13 heteroatoms. The summed E-state index contributed by atoms with van der Waals surface area (Å²) >= 11 is 0. The quantitative estimate of drug-likeness (QED) is 0.356. The summed E-state index contributed by atoms with van der Waals surface area (Å²) < 4.78 is 66.5. The highest BCUT2D eigenvalue weighted by Gasteiger charge is 2.30. The van der Waals surface area contributed by atoms with E-state index in [4.69, 9.17) is 5.73 Å². The third-order valence-corrected chi connectivity index (χ3v) is 4.36. The van der Waals surface area contributed by atoms with Crippen molar-refractivity contribution in [3.8, 4) is 28.5 Å². The van der Waals surface area contributed by atoms with Crippen molar-refractivity contribution in [1.29, 1.82) is 0 Å². The largest absolute Gasteiger partial charge is 0.416 e. The van der Waals surface area contributed by atoms with E-state index in [9.17, 15) is 22.0 Å². The number of rotatable bonds is 4. The van der Waals surface area contributed by atoms with E-state index in [1.807, 2.05) is 0 Å². The second-order valence-corrected chi connectivity index (χ2v) is 6.49. The zero-order valence-electron chi connectivity index (χ0n) is 16.4. The summed E-state index contributed by atoms with van der Waals surface area (Å²) in [4.78, 5) is 16.3. The average molecular weight is 505 g/mol. The maximum absolute atomic E-state index is 13.4. The third-order valence-electron chi connectivity index (χ3n) is 4.36. The van der Waals surface area contributed by atoms with Gasteiger partial charge in [-0.3, -0.25) is 4.57 Å². The molecule has 1 aromatic carbocycles. The molecule has 174 valence electrons. The summed E-state index contributed by atoms with van der Waals surface area (Å²) in [5.74, 6) is 0.229. The van der Waals surface area contributed by atoms with Gasteiger partial charge >= 0.3 is 6.18 Å². The lowest BCUT2D eigenvalue weighted by Crippen LogP contribution is -2.05. The molecular formula is C20H15Cl2F5N6. The molecule has 0 unspecified atom stereocenters. The number of alkyl halides is 5. The van der Waals surface area contributed by atoms with E-state index in [2.05, 4.69) is 19.9 Å². The lowest BCUT2D eigenvalue weighted by molar-refractivity contribution is -0.137. The van der Waals surface area contributed by atoms with Crippen LogP contribution in [0.5, 0.6) is 0 Å². The molecule has 3 aromatic heterocycles. The maximum Gasteiger partial charge on any atom is 0.416 e. The highest BCUT2D eigenvalue weighted by Crippen LogP contribution is 2.31. The molecule has 0 atom stereocenters. The van der Waals surface area contributed by atoms with Crippen LogP contribution >= 0.6 is 24.8 Å². The van der Waals surface area contributed by atoms with Crippen LogP contribution in [0.1, 0.15) is 17.7 Å². The number of imidazole rings is 1. The van der Waals surface area contributed by atoms with E-state index in [0.717, 1.165) is 18.2 Å². The first kappa shape index (κ1) is 25.9. The number of pyridine rings is 1. The van der Waals surface area contributed by atoms with Crippen molar-refractivity contribution in [2.24, 2.45) is 0 Å². The zero-order chi connectivity index (χ0) is 22.2. The van der Waals surface area contributed by atoms with Crippen molar-refractivity contribution in [2.45, 2.75) is 12.6 Å². The van der Waals surface area contributed by atoms with Crippen LogP contribution < -0.4 is 5.73 Å². The lowest BCUT2D eigenvalue weighted by atomic mass is 10.1. The molecule has 6 nitrogen and oxygen atoms in total. The molecule has 4 rings (SSSR count). The van der Waals surface area contributed by atoms with Gasteiger partial charge in [0.05, 0.1) is 17.0 Å². The first-order valence-corrected chi connectivity index (χ1v) is 8.82. The maximum atomic E-state index is 13.4. The van der Waals surface area contributed by atoms with Crippen LogP contribution in [0.25, 0.3) is 28.5 Å². The van der Waals surface area contributed by atoms with Crippen LogP contribution in [-0.4, -0.2) is 24.5 Å². The van der Waals surface area contributed by atoms with E-state index < -0.39 is 23.9 Å². The molecule has 0 aliphatic heterocycles. The molecule has 0 radical (unpaired) electrons. The molecular weight excluding hydrogens is 490 g/mol. The van der Waals surface area contributed by atoms with E-state index in [1.54, 1.807) is 12.1 Å². The van der Waals surface area contributed by atoms with Crippen molar-refractivity contribution >= 4 is 30.6 Å². The van der Waals surface area contributed by atoms with E-state index in [-0.39, 0.29) is 42.0 Å². The van der Waals surface area contributed by atoms with Gasteiger partial charge in [0, 0.05) is 23.5 Å². The monoisotopic (exact) mass is 504 g/mol. The van der Waals surface area contributed by atoms with Gasteiger partial charge in [0.1, 0.15) is 17.8 Å². The Morgan fingerprint density at radius 1 is 0.848 bits per heavy atom. The number of hydrogen-bond acceptors (Lipinski definition) is 5. The molecule has 33 heavy (non-hydrogen) atoms. The lowest BCUT2D eigenvalue weighted by Gasteiger charge is -2.10. The van der Waals surface area contributed by atoms with Gasteiger partial charge in [-0.25, -0.2) is 28.7 Å². The molecule has 0 aliphatic carbocycles.